The molecule has 0 aromatic heterocycles. The summed E-state index contributed by atoms with van der Waals surface area (Å²) in [5.41, 5.74) is 0. The summed E-state index contributed by atoms with van der Waals surface area (Å²) >= 11 is 3.17. The molecule has 0 aromatic rings. The molecule has 0 aliphatic rings. The zero-order valence-electron chi connectivity index (χ0n) is 8.13. The molecule has 0 aromatic carbocycles. The third-order valence-corrected chi connectivity index (χ3v) is 2.04. The van der Waals surface area contributed by atoms with Crippen LogP contribution in [-0.2, 0) is 9.59 Å². The van der Waals surface area contributed by atoms with Crippen LogP contribution in [0.1, 0.15) is 13.8 Å². The van der Waals surface area contributed by atoms with Gasteiger partial charge < -0.3 is 10.2 Å². The maximum absolute atomic E-state index is 11.4. The lowest BCUT2D eigenvalue weighted by Crippen LogP contribution is -2.42. The molecule has 0 bridgehead atoms. The van der Waals surface area contributed by atoms with Crippen molar-refractivity contribution in [2.75, 3.05) is 20.1 Å². The van der Waals surface area contributed by atoms with Crippen LogP contribution in [0.2, 0.25) is 0 Å². The van der Waals surface area contributed by atoms with E-state index in [0.29, 0.717) is 6.54 Å². The Kier molecular flexibility index (Phi) is 5.70. The maximum Gasteiger partial charge on any atom is 0.239 e. The lowest BCUT2D eigenvalue weighted by atomic mass is 10.3. The van der Waals surface area contributed by atoms with E-state index in [9.17, 15) is 9.59 Å². The van der Waals surface area contributed by atoms with Crippen LogP contribution in [0.25, 0.3) is 0 Å². The number of likely N-dealkylation sites (N-methyl/N-ethyl adjacent to an activating group) is 2. The first-order chi connectivity index (χ1) is 6.02. The molecule has 0 saturated heterocycles. The molecule has 1 N–H and O–H groups in total. The number of hydrogen-bond donors (Lipinski definition) is 1. The van der Waals surface area contributed by atoms with Crippen LogP contribution in [0, 0.1) is 0 Å². The maximum atomic E-state index is 11.4. The molecule has 0 spiro atoms. The summed E-state index contributed by atoms with van der Waals surface area (Å²) in [6.45, 7) is 4.26. The highest BCUT2D eigenvalue weighted by atomic mass is 79.9. The van der Waals surface area contributed by atoms with Crippen molar-refractivity contribution in [1.29, 1.82) is 0 Å². The molecular formula is C8H15BrN2O2. The van der Waals surface area contributed by atoms with Crippen LogP contribution in [0.4, 0.5) is 0 Å². The Balaban J connectivity index is 4.18. The molecule has 0 saturated carbocycles. The van der Waals surface area contributed by atoms with Crippen molar-refractivity contribution in [2.45, 2.75) is 18.7 Å². The zero-order valence-corrected chi connectivity index (χ0v) is 9.72. The average Bonchev–Trinajstić information content (AvgIpc) is 2.12. The first kappa shape index (κ1) is 12.4. The van der Waals surface area contributed by atoms with Gasteiger partial charge in [0.15, 0.2) is 0 Å². The average molecular weight is 251 g/mol. The number of carbonyl (C=O) groups excluding carboxylic acids is 2. The summed E-state index contributed by atoms with van der Waals surface area (Å²) in [5.74, 6) is -0.213. The van der Waals surface area contributed by atoms with Crippen LogP contribution in [0.3, 0.4) is 0 Å². The highest BCUT2D eigenvalue weighted by Crippen LogP contribution is 2.03. The quantitative estimate of drug-likeness (QED) is 0.733. The molecule has 0 aliphatic carbocycles. The van der Waals surface area contributed by atoms with Gasteiger partial charge in [0.1, 0.15) is 0 Å². The van der Waals surface area contributed by atoms with E-state index >= 15 is 0 Å². The number of nitrogens with zero attached hydrogens (tertiary/aromatic N) is 1. The van der Waals surface area contributed by atoms with E-state index in [1.807, 2.05) is 6.92 Å². The van der Waals surface area contributed by atoms with Gasteiger partial charge in [0, 0.05) is 13.6 Å². The number of amides is 2. The van der Waals surface area contributed by atoms with Crippen LogP contribution in [0.15, 0.2) is 0 Å². The second-order valence-corrected chi connectivity index (χ2v) is 4.02. The van der Waals surface area contributed by atoms with Gasteiger partial charge >= 0.3 is 0 Å². The molecule has 2 amide bonds. The van der Waals surface area contributed by atoms with Crippen molar-refractivity contribution in [3.8, 4) is 0 Å². The molecule has 5 heteroatoms. The van der Waals surface area contributed by atoms with Gasteiger partial charge in [-0.25, -0.2) is 0 Å². The molecule has 1 atom stereocenters. The van der Waals surface area contributed by atoms with E-state index in [-0.39, 0.29) is 23.2 Å². The Bertz CT molecular complexity index is 195. The fourth-order valence-corrected chi connectivity index (χ4v) is 1.14. The summed E-state index contributed by atoms with van der Waals surface area (Å²) in [4.78, 5) is 23.7. The van der Waals surface area contributed by atoms with Gasteiger partial charge in [-0.3, -0.25) is 9.59 Å². The lowest BCUT2D eigenvalue weighted by Gasteiger charge is -2.20. The molecule has 0 heterocycles. The van der Waals surface area contributed by atoms with Crippen molar-refractivity contribution in [1.82, 2.24) is 10.2 Å². The first-order valence-electron chi connectivity index (χ1n) is 4.16. The number of alkyl halides is 1. The third kappa shape index (κ3) is 4.26. The fraction of sp³-hybridized carbons (Fsp3) is 0.750. The predicted octanol–water partition coefficient (Wildman–Crippen LogP) is 0.364. The Hall–Kier alpha value is -0.580. The molecule has 0 radical (unpaired) electrons. The van der Waals surface area contributed by atoms with Crippen molar-refractivity contribution in [3.63, 3.8) is 0 Å². The Morgan fingerprint density at radius 3 is 2.38 bits per heavy atom. The third-order valence-electron chi connectivity index (χ3n) is 1.65. The summed E-state index contributed by atoms with van der Waals surface area (Å²) < 4.78 is 0. The fourth-order valence-electron chi connectivity index (χ4n) is 0.850. The molecule has 13 heavy (non-hydrogen) atoms. The normalized spacial score (nSPS) is 12.0. The van der Waals surface area contributed by atoms with Crippen molar-refractivity contribution in [3.05, 3.63) is 0 Å². The standard InChI is InChI=1S/C8H15BrN2O2/c1-4-11(5-7(12)10-3)8(13)6(2)9/h6H,4-5H2,1-3H3,(H,10,12). The number of rotatable bonds is 4. The molecule has 76 valence electrons. The minimum absolute atomic E-state index is 0.0638. The van der Waals surface area contributed by atoms with Gasteiger partial charge in [0.2, 0.25) is 11.8 Å². The minimum Gasteiger partial charge on any atom is -0.358 e. The minimum atomic E-state index is -0.239. The molecule has 0 rings (SSSR count). The van der Waals surface area contributed by atoms with E-state index in [2.05, 4.69) is 21.2 Å². The second-order valence-electron chi connectivity index (χ2n) is 2.64. The summed E-state index contributed by atoms with van der Waals surface area (Å²) in [7, 11) is 1.55. The lowest BCUT2D eigenvalue weighted by molar-refractivity contribution is -0.134. The second kappa shape index (κ2) is 5.96. The number of nitrogens with one attached hydrogen (secondary N) is 1. The first-order valence-corrected chi connectivity index (χ1v) is 5.07. The molecule has 1 unspecified atom stereocenters. The van der Waals surface area contributed by atoms with Crippen LogP contribution < -0.4 is 5.32 Å². The summed E-state index contributed by atoms with van der Waals surface area (Å²) in [5, 5.41) is 2.48. The molecule has 4 nitrogen and oxygen atoms in total. The van der Waals surface area contributed by atoms with Gasteiger partial charge in [-0.15, -0.1) is 0 Å². The highest BCUT2D eigenvalue weighted by Gasteiger charge is 2.18. The molecule has 0 fully saturated rings. The zero-order chi connectivity index (χ0) is 10.4. The summed E-state index contributed by atoms with van der Waals surface area (Å²) in [6, 6.07) is 0. The van der Waals surface area contributed by atoms with E-state index in [0.717, 1.165) is 0 Å². The predicted molar refractivity (Wildman–Crippen MR) is 54.7 cm³/mol. The number of hydrogen-bond acceptors (Lipinski definition) is 2. The topological polar surface area (TPSA) is 49.4 Å². The van der Waals surface area contributed by atoms with Crippen LogP contribution in [0.5, 0.6) is 0 Å². The largest absolute Gasteiger partial charge is 0.358 e. The Morgan fingerprint density at radius 1 is 1.54 bits per heavy atom. The SMILES string of the molecule is CCN(CC(=O)NC)C(=O)C(C)Br. The van der Waals surface area contributed by atoms with Gasteiger partial charge in [-0.05, 0) is 13.8 Å². The van der Waals surface area contributed by atoms with Crippen LogP contribution >= 0.6 is 15.9 Å². The van der Waals surface area contributed by atoms with Crippen LogP contribution in [-0.4, -0.2) is 41.7 Å². The smallest absolute Gasteiger partial charge is 0.239 e. The monoisotopic (exact) mass is 250 g/mol. The van der Waals surface area contributed by atoms with Crippen molar-refractivity contribution >= 4 is 27.7 Å². The molecule has 0 aliphatic heterocycles. The van der Waals surface area contributed by atoms with Gasteiger partial charge in [0.05, 0.1) is 11.4 Å². The highest BCUT2D eigenvalue weighted by molar-refractivity contribution is 9.10. The van der Waals surface area contributed by atoms with E-state index in [4.69, 9.17) is 0 Å². The van der Waals surface area contributed by atoms with Gasteiger partial charge in [0.25, 0.3) is 0 Å². The van der Waals surface area contributed by atoms with Crippen molar-refractivity contribution in [2.24, 2.45) is 0 Å². The van der Waals surface area contributed by atoms with E-state index < -0.39 is 0 Å². The summed E-state index contributed by atoms with van der Waals surface area (Å²) in [6.07, 6.45) is 0. The number of carbonyl (C=O) groups is 2. The van der Waals surface area contributed by atoms with E-state index in [1.54, 1.807) is 14.0 Å². The molecular weight excluding hydrogens is 236 g/mol. The van der Waals surface area contributed by atoms with Gasteiger partial charge in [-0.2, -0.15) is 0 Å². The Labute approximate surface area is 86.8 Å². The van der Waals surface area contributed by atoms with E-state index in [1.165, 1.54) is 4.90 Å². The van der Waals surface area contributed by atoms with Crippen molar-refractivity contribution < 1.29 is 9.59 Å². The van der Waals surface area contributed by atoms with Gasteiger partial charge in [-0.1, -0.05) is 15.9 Å². The number of halogens is 1. The Morgan fingerprint density at radius 2 is 2.08 bits per heavy atom.